The van der Waals surface area contributed by atoms with Gasteiger partial charge in [-0.05, 0) is 44.0 Å². The van der Waals surface area contributed by atoms with Crippen LogP contribution in [0.3, 0.4) is 0 Å². The maximum absolute atomic E-state index is 12.8. The highest BCUT2D eigenvalue weighted by Gasteiger charge is 2.26. The molecular weight excluding hydrogens is 412 g/mol. The van der Waals surface area contributed by atoms with Crippen LogP contribution in [-0.2, 0) is 11.3 Å². The lowest BCUT2D eigenvalue weighted by Gasteiger charge is -2.07. The molecule has 3 aromatic rings. The van der Waals surface area contributed by atoms with Crippen LogP contribution < -0.4 is 10.6 Å². The van der Waals surface area contributed by atoms with Gasteiger partial charge in [0.2, 0.25) is 0 Å². The Labute approximate surface area is 185 Å². The van der Waals surface area contributed by atoms with Crippen molar-refractivity contribution in [2.45, 2.75) is 27.3 Å². The molecule has 0 saturated heterocycles. The van der Waals surface area contributed by atoms with Crippen molar-refractivity contribution >= 4 is 34.1 Å². The van der Waals surface area contributed by atoms with Gasteiger partial charge < -0.3 is 15.4 Å². The van der Waals surface area contributed by atoms with Crippen LogP contribution in [0.2, 0.25) is 0 Å². The van der Waals surface area contributed by atoms with E-state index in [1.807, 2.05) is 43.3 Å². The molecule has 0 unspecified atom stereocenters. The van der Waals surface area contributed by atoms with Gasteiger partial charge in [-0.3, -0.25) is 9.59 Å². The van der Waals surface area contributed by atoms with Gasteiger partial charge in [-0.15, -0.1) is 11.3 Å². The van der Waals surface area contributed by atoms with Gasteiger partial charge in [0.15, 0.2) is 0 Å². The van der Waals surface area contributed by atoms with E-state index in [2.05, 4.69) is 10.6 Å². The first-order valence-corrected chi connectivity index (χ1v) is 10.7. The number of carbonyl (C=O) groups is 3. The predicted molar refractivity (Wildman–Crippen MR) is 122 cm³/mol. The highest BCUT2D eigenvalue weighted by Crippen LogP contribution is 2.34. The third-order valence-corrected chi connectivity index (χ3v) is 5.84. The summed E-state index contributed by atoms with van der Waals surface area (Å²) in [5.41, 5.74) is 3.06. The molecule has 1 aromatic heterocycles. The van der Waals surface area contributed by atoms with E-state index in [-0.39, 0.29) is 24.0 Å². The fourth-order valence-electron chi connectivity index (χ4n) is 3.09. The molecule has 0 aliphatic carbocycles. The molecule has 160 valence electrons. The van der Waals surface area contributed by atoms with Crippen molar-refractivity contribution in [3.63, 3.8) is 0 Å². The molecule has 7 heteroatoms. The van der Waals surface area contributed by atoms with Crippen molar-refractivity contribution in [1.82, 2.24) is 5.32 Å². The molecule has 0 atom stereocenters. The van der Waals surface area contributed by atoms with Crippen LogP contribution in [0.1, 0.15) is 54.0 Å². The van der Waals surface area contributed by atoms with Crippen LogP contribution in [0.25, 0.3) is 0 Å². The minimum Gasteiger partial charge on any atom is -0.462 e. The first kappa shape index (κ1) is 22.2. The molecule has 2 aromatic carbocycles. The van der Waals surface area contributed by atoms with Crippen LogP contribution in [0.4, 0.5) is 5.00 Å². The molecule has 1 heterocycles. The lowest BCUT2D eigenvalue weighted by atomic mass is 10.1. The number of ether oxygens (including phenoxy) is 1. The zero-order valence-corrected chi connectivity index (χ0v) is 18.5. The number of anilines is 1. The Morgan fingerprint density at radius 3 is 2.39 bits per heavy atom. The highest BCUT2D eigenvalue weighted by molar-refractivity contribution is 7.18. The SMILES string of the molecule is CCOC(=O)c1c(NC(=O)c2cccc(C)c2)sc(C(=O)NCc2ccccc2)c1C. The number of nitrogens with one attached hydrogen (secondary N) is 2. The standard InChI is InChI=1S/C24H24N2O4S/c1-4-30-24(29)19-16(3)20(22(28)25-14-17-10-6-5-7-11-17)31-23(19)26-21(27)18-12-8-9-15(2)13-18/h5-13H,4,14H2,1-3H3,(H,25,28)(H,26,27). The number of rotatable bonds is 7. The molecule has 0 spiro atoms. The lowest BCUT2D eigenvalue weighted by Crippen LogP contribution is -2.22. The van der Waals surface area contributed by atoms with Crippen molar-refractivity contribution in [3.8, 4) is 0 Å². The third-order valence-electron chi connectivity index (χ3n) is 4.64. The van der Waals surface area contributed by atoms with Crippen LogP contribution in [0.15, 0.2) is 54.6 Å². The molecular formula is C24H24N2O4S. The quantitative estimate of drug-likeness (QED) is 0.525. The van der Waals surface area contributed by atoms with Gasteiger partial charge >= 0.3 is 5.97 Å². The minimum absolute atomic E-state index is 0.189. The summed E-state index contributed by atoms with van der Waals surface area (Å²) in [6, 6.07) is 16.7. The maximum Gasteiger partial charge on any atom is 0.341 e. The van der Waals surface area contributed by atoms with Gasteiger partial charge in [0, 0.05) is 12.1 Å². The van der Waals surface area contributed by atoms with Gasteiger partial charge in [-0.1, -0.05) is 48.0 Å². The van der Waals surface area contributed by atoms with E-state index >= 15 is 0 Å². The van der Waals surface area contributed by atoms with Crippen LogP contribution in [0.5, 0.6) is 0 Å². The number of hydrogen-bond acceptors (Lipinski definition) is 5. The normalized spacial score (nSPS) is 10.4. The van der Waals surface area contributed by atoms with E-state index in [0.29, 0.717) is 27.5 Å². The Morgan fingerprint density at radius 2 is 1.71 bits per heavy atom. The van der Waals surface area contributed by atoms with Crippen molar-refractivity contribution in [3.05, 3.63) is 87.3 Å². The number of thiophene rings is 1. The highest BCUT2D eigenvalue weighted by atomic mass is 32.1. The van der Waals surface area contributed by atoms with Gasteiger partial charge in [0.25, 0.3) is 11.8 Å². The second-order valence-corrected chi connectivity index (χ2v) is 7.99. The van der Waals surface area contributed by atoms with Crippen molar-refractivity contribution in [1.29, 1.82) is 0 Å². The number of carbonyl (C=O) groups excluding carboxylic acids is 3. The van der Waals surface area contributed by atoms with E-state index in [1.54, 1.807) is 32.0 Å². The van der Waals surface area contributed by atoms with Gasteiger partial charge in [0.05, 0.1) is 17.0 Å². The fraction of sp³-hybridized carbons (Fsp3) is 0.208. The molecule has 2 amide bonds. The Hall–Kier alpha value is -3.45. The summed E-state index contributed by atoms with van der Waals surface area (Å²) in [4.78, 5) is 38.5. The molecule has 3 rings (SSSR count). The largest absolute Gasteiger partial charge is 0.462 e. The van der Waals surface area contributed by atoms with E-state index < -0.39 is 5.97 Å². The van der Waals surface area contributed by atoms with Gasteiger partial charge in [0.1, 0.15) is 5.00 Å². The molecule has 2 N–H and O–H groups in total. The molecule has 31 heavy (non-hydrogen) atoms. The molecule has 0 saturated carbocycles. The fourth-order valence-corrected chi connectivity index (χ4v) is 4.19. The zero-order chi connectivity index (χ0) is 22.4. The molecule has 0 aliphatic rings. The summed E-state index contributed by atoms with van der Waals surface area (Å²) in [6.07, 6.45) is 0. The van der Waals surface area contributed by atoms with Crippen LogP contribution in [-0.4, -0.2) is 24.4 Å². The summed E-state index contributed by atoms with van der Waals surface area (Å²) >= 11 is 1.07. The van der Waals surface area contributed by atoms with E-state index in [9.17, 15) is 14.4 Å². The third kappa shape index (κ3) is 5.38. The lowest BCUT2D eigenvalue weighted by molar-refractivity contribution is 0.0527. The Balaban J connectivity index is 1.88. The molecule has 6 nitrogen and oxygen atoms in total. The summed E-state index contributed by atoms with van der Waals surface area (Å²) in [5.74, 6) is -1.24. The van der Waals surface area contributed by atoms with Crippen LogP contribution in [0, 0.1) is 13.8 Å². The summed E-state index contributed by atoms with van der Waals surface area (Å²) in [6.45, 7) is 5.83. The van der Waals surface area contributed by atoms with Crippen molar-refractivity contribution in [2.75, 3.05) is 11.9 Å². The number of amides is 2. The topological polar surface area (TPSA) is 84.5 Å². The predicted octanol–water partition coefficient (Wildman–Crippen LogP) is 4.72. The summed E-state index contributed by atoms with van der Waals surface area (Å²) in [7, 11) is 0. The monoisotopic (exact) mass is 436 g/mol. The Morgan fingerprint density at radius 1 is 0.968 bits per heavy atom. The van der Waals surface area contributed by atoms with E-state index in [4.69, 9.17) is 4.74 Å². The number of aryl methyl sites for hydroxylation is 1. The second kappa shape index (κ2) is 10.0. The van der Waals surface area contributed by atoms with Gasteiger partial charge in [-0.25, -0.2) is 4.79 Å². The Kier molecular flexibility index (Phi) is 7.20. The smallest absolute Gasteiger partial charge is 0.341 e. The molecule has 0 aliphatic heterocycles. The average Bonchev–Trinajstić information content (AvgIpc) is 3.08. The zero-order valence-electron chi connectivity index (χ0n) is 17.7. The van der Waals surface area contributed by atoms with Crippen molar-refractivity contribution < 1.29 is 19.1 Å². The number of hydrogen-bond donors (Lipinski definition) is 2. The molecule has 0 bridgehead atoms. The molecule has 0 radical (unpaired) electrons. The maximum atomic E-state index is 12.8. The molecule has 0 fully saturated rings. The first-order valence-electron chi connectivity index (χ1n) is 9.91. The minimum atomic E-state index is -0.571. The van der Waals surface area contributed by atoms with Crippen LogP contribution >= 0.6 is 11.3 Å². The number of esters is 1. The van der Waals surface area contributed by atoms with E-state index in [0.717, 1.165) is 22.5 Å². The summed E-state index contributed by atoms with van der Waals surface area (Å²) < 4.78 is 5.16. The number of benzene rings is 2. The average molecular weight is 437 g/mol. The van der Waals surface area contributed by atoms with E-state index in [1.165, 1.54) is 0 Å². The summed E-state index contributed by atoms with van der Waals surface area (Å²) in [5, 5.41) is 5.95. The van der Waals surface area contributed by atoms with Crippen molar-refractivity contribution in [2.24, 2.45) is 0 Å². The first-order chi connectivity index (χ1) is 14.9. The van der Waals surface area contributed by atoms with Gasteiger partial charge in [-0.2, -0.15) is 0 Å². The second-order valence-electron chi connectivity index (χ2n) is 6.97. The Bertz CT molecular complexity index is 1110.